The Bertz CT molecular complexity index is 271. The molecule has 1 saturated carbocycles. The molecule has 1 aliphatic rings. The Morgan fingerprint density at radius 2 is 1.29 bits per heavy atom. The fourth-order valence-electron chi connectivity index (χ4n) is 3.67. The fraction of sp³-hybridized carbons (Fsp3) is 1.00. The molecule has 1 fully saturated rings. The van der Waals surface area contributed by atoms with Gasteiger partial charge in [-0.3, -0.25) is 0 Å². The lowest BCUT2D eigenvalue weighted by atomic mass is 9.49. The molecule has 0 N–H and O–H groups in total. The Morgan fingerprint density at radius 1 is 0.824 bits per heavy atom. The molecule has 0 bridgehead atoms. The highest BCUT2D eigenvalue weighted by atomic mass is 14.5. The van der Waals surface area contributed by atoms with Gasteiger partial charge in [0.15, 0.2) is 0 Å². The van der Waals surface area contributed by atoms with Gasteiger partial charge >= 0.3 is 0 Å². The number of hydrogen-bond acceptors (Lipinski definition) is 0. The molecule has 0 saturated heterocycles. The molecule has 102 valence electrons. The summed E-state index contributed by atoms with van der Waals surface area (Å²) < 4.78 is 0. The van der Waals surface area contributed by atoms with Crippen molar-refractivity contribution >= 4 is 0 Å². The van der Waals surface area contributed by atoms with E-state index < -0.39 is 0 Å². The van der Waals surface area contributed by atoms with Crippen LogP contribution in [0.4, 0.5) is 0 Å². The molecule has 0 heterocycles. The van der Waals surface area contributed by atoms with E-state index in [9.17, 15) is 0 Å². The Labute approximate surface area is 110 Å². The second-order valence-corrected chi connectivity index (χ2v) is 9.62. The van der Waals surface area contributed by atoms with E-state index in [0.29, 0.717) is 21.7 Å². The van der Waals surface area contributed by atoms with Gasteiger partial charge in [0.1, 0.15) is 0 Å². The van der Waals surface area contributed by atoms with Crippen molar-refractivity contribution < 1.29 is 0 Å². The zero-order valence-electron chi connectivity index (χ0n) is 13.7. The summed E-state index contributed by atoms with van der Waals surface area (Å²) in [5, 5.41) is 0. The second-order valence-electron chi connectivity index (χ2n) is 9.62. The summed E-state index contributed by atoms with van der Waals surface area (Å²) in [6.07, 6.45) is 4.15. The third kappa shape index (κ3) is 3.26. The second kappa shape index (κ2) is 4.00. The molecule has 17 heavy (non-hydrogen) atoms. The molecule has 0 aromatic carbocycles. The van der Waals surface area contributed by atoms with Crippen molar-refractivity contribution in [1.29, 1.82) is 0 Å². The predicted molar refractivity (Wildman–Crippen MR) is 78.1 cm³/mol. The van der Waals surface area contributed by atoms with Crippen LogP contribution in [0.15, 0.2) is 0 Å². The standard InChI is InChI=1S/C17H34/c1-14(2,3)13-10-16(7,8)12-17(9,11-13)15(4,5)6/h13H,10-12H2,1-9H3. The van der Waals surface area contributed by atoms with Crippen LogP contribution in [0.3, 0.4) is 0 Å². The monoisotopic (exact) mass is 238 g/mol. The highest BCUT2D eigenvalue weighted by Gasteiger charge is 2.49. The molecule has 0 heteroatoms. The van der Waals surface area contributed by atoms with Crippen LogP contribution in [0.5, 0.6) is 0 Å². The maximum absolute atomic E-state index is 2.52. The van der Waals surface area contributed by atoms with Gasteiger partial charge < -0.3 is 0 Å². The maximum Gasteiger partial charge on any atom is -0.0269 e. The summed E-state index contributed by atoms with van der Waals surface area (Å²) >= 11 is 0. The summed E-state index contributed by atoms with van der Waals surface area (Å²) in [4.78, 5) is 0. The fourth-order valence-corrected chi connectivity index (χ4v) is 3.67. The van der Waals surface area contributed by atoms with Gasteiger partial charge in [0.2, 0.25) is 0 Å². The minimum atomic E-state index is 0.411. The summed E-state index contributed by atoms with van der Waals surface area (Å²) in [5.74, 6) is 0.857. The normalized spacial score (nSPS) is 34.8. The third-order valence-corrected chi connectivity index (χ3v) is 5.40. The van der Waals surface area contributed by atoms with Gasteiger partial charge in [0, 0.05) is 0 Å². The van der Waals surface area contributed by atoms with Crippen LogP contribution in [-0.2, 0) is 0 Å². The van der Waals surface area contributed by atoms with Crippen molar-refractivity contribution in [3.63, 3.8) is 0 Å². The van der Waals surface area contributed by atoms with Crippen LogP contribution in [-0.4, -0.2) is 0 Å². The molecule has 0 aromatic heterocycles. The van der Waals surface area contributed by atoms with E-state index in [-0.39, 0.29) is 0 Å². The molecule has 0 aromatic rings. The van der Waals surface area contributed by atoms with Crippen molar-refractivity contribution in [2.75, 3.05) is 0 Å². The summed E-state index contributed by atoms with van der Waals surface area (Å²) in [5.41, 5.74) is 1.84. The zero-order chi connectivity index (χ0) is 13.7. The van der Waals surface area contributed by atoms with E-state index in [1.807, 2.05) is 0 Å². The van der Waals surface area contributed by atoms with Crippen molar-refractivity contribution in [2.24, 2.45) is 27.6 Å². The smallest absolute Gasteiger partial charge is 0.0269 e. The molecule has 1 aliphatic carbocycles. The SMILES string of the molecule is CC1(C)CC(C(C)(C)C)CC(C)(C(C)(C)C)C1. The third-order valence-electron chi connectivity index (χ3n) is 5.40. The molecule has 2 atom stereocenters. The lowest BCUT2D eigenvalue weighted by Gasteiger charge is -2.56. The van der Waals surface area contributed by atoms with E-state index in [0.717, 1.165) is 5.92 Å². The van der Waals surface area contributed by atoms with Gasteiger partial charge in [-0.05, 0) is 46.8 Å². The van der Waals surface area contributed by atoms with E-state index in [1.165, 1.54) is 19.3 Å². The summed E-state index contributed by atoms with van der Waals surface area (Å²) in [7, 11) is 0. The molecule has 0 spiro atoms. The van der Waals surface area contributed by atoms with Crippen LogP contribution < -0.4 is 0 Å². The maximum atomic E-state index is 2.52. The van der Waals surface area contributed by atoms with Crippen molar-refractivity contribution in [3.05, 3.63) is 0 Å². The van der Waals surface area contributed by atoms with E-state index in [1.54, 1.807) is 0 Å². The van der Waals surface area contributed by atoms with E-state index in [4.69, 9.17) is 0 Å². The largest absolute Gasteiger partial charge is 0.0599 e. The van der Waals surface area contributed by atoms with Crippen LogP contribution >= 0.6 is 0 Å². The Balaban J connectivity index is 3.05. The average Bonchev–Trinajstić information content (AvgIpc) is 1.95. The van der Waals surface area contributed by atoms with Crippen LogP contribution in [0, 0.1) is 27.6 Å². The van der Waals surface area contributed by atoms with Crippen LogP contribution in [0.2, 0.25) is 0 Å². The first-order chi connectivity index (χ1) is 7.27. The molecular weight excluding hydrogens is 204 g/mol. The molecule has 0 radical (unpaired) electrons. The van der Waals surface area contributed by atoms with Gasteiger partial charge in [-0.15, -0.1) is 0 Å². The van der Waals surface area contributed by atoms with E-state index in [2.05, 4.69) is 62.3 Å². The predicted octanol–water partition coefficient (Wildman–Crippen LogP) is 5.91. The summed E-state index contributed by atoms with van der Waals surface area (Å²) in [6.45, 7) is 22.0. The number of hydrogen-bond donors (Lipinski definition) is 0. The Morgan fingerprint density at radius 3 is 1.65 bits per heavy atom. The highest BCUT2D eigenvalue weighted by Crippen LogP contribution is 2.59. The quantitative estimate of drug-likeness (QED) is 0.492. The van der Waals surface area contributed by atoms with Crippen molar-refractivity contribution in [2.45, 2.75) is 81.6 Å². The van der Waals surface area contributed by atoms with E-state index >= 15 is 0 Å². The minimum Gasteiger partial charge on any atom is -0.0599 e. The minimum absolute atomic E-state index is 0.411. The molecule has 1 rings (SSSR count). The molecule has 2 unspecified atom stereocenters. The van der Waals surface area contributed by atoms with Gasteiger partial charge in [-0.2, -0.15) is 0 Å². The van der Waals surface area contributed by atoms with Crippen molar-refractivity contribution in [3.8, 4) is 0 Å². The van der Waals surface area contributed by atoms with Crippen LogP contribution in [0.25, 0.3) is 0 Å². The van der Waals surface area contributed by atoms with Gasteiger partial charge in [-0.1, -0.05) is 62.3 Å². The van der Waals surface area contributed by atoms with Gasteiger partial charge in [0.05, 0.1) is 0 Å². The first-order valence-corrected chi connectivity index (χ1v) is 7.27. The number of rotatable bonds is 0. The molecular formula is C17H34. The molecule has 0 nitrogen and oxygen atoms in total. The van der Waals surface area contributed by atoms with Crippen LogP contribution in [0.1, 0.15) is 81.6 Å². The van der Waals surface area contributed by atoms with Gasteiger partial charge in [-0.25, -0.2) is 0 Å². The lowest BCUT2D eigenvalue weighted by molar-refractivity contribution is -0.0549. The topological polar surface area (TPSA) is 0 Å². The Kier molecular flexibility index (Phi) is 3.54. The first kappa shape index (κ1) is 15.1. The first-order valence-electron chi connectivity index (χ1n) is 7.27. The summed E-state index contributed by atoms with van der Waals surface area (Å²) in [6, 6.07) is 0. The molecule has 0 amide bonds. The molecule has 0 aliphatic heterocycles. The highest BCUT2D eigenvalue weighted by molar-refractivity contribution is 4.99. The van der Waals surface area contributed by atoms with Crippen molar-refractivity contribution in [1.82, 2.24) is 0 Å². The average molecular weight is 238 g/mol. The zero-order valence-corrected chi connectivity index (χ0v) is 13.7. The Hall–Kier alpha value is 0. The van der Waals surface area contributed by atoms with Gasteiger partial charge in [0.25, 0.3) is 0 Å². The lowest BCUT2D eigenvalue weighted by Crippen LogP contribution is -2.46.